The van der Waals surface area contributed by atoms with Crippen molar-refractivity contribution in [2.75, 3.05) is 6.61 Å². The number of rotatable bonds is 4. The summed E-state index contributed by atoms with van der Waals surface area (Å²) in [5, 5.41) is 0. The van der Waals surface area contributed by atoms with Gasteiger partial charge in [-0.3, -0.25) is 0 Å². The smallest absolute Gasteiger partial charge is 0.338 e. The normalized spacial score (nSPS) is 19.7. The lowest BCUT2D eigenvalue weighted by Crippen LogP contribution is -2.23. The summed E-state index contributed by atoms with van der Waals surface area (Å²) in [6, 6.07) is 6.98. The molecule has 0 N–H and O–H groups in total. The fraction of sp³-hybridized carbons (Fsp3) is 0.533. The highest BCUT2D eigenvalue weighted by molar-refractivity contribution is 5.89. The van der Waals surface area contributed by atoms with Crippen molar-refractivity contribution in [2.24, 2.45) is 0 Å². The van der Waals surface area contributed by atoms with Gasteiger partial charge in [-0.25, -0.2) is 4.79 Å². The third-order valence-electron chi connectivity index (χ3n) is 2.69. The summed E-state index contributed by atoms with van der Waals surface area (Å²) >= 11 is 0. The lowest BCUT2D eigenvalue weighted by atomic mass is 10.1. The van der Waals surface area contributed by atoms with E-state index in [0.717, 1.165) is 12.4 Å². The van der Waals surface area contributed by atoms with Crippen LogP contribution >= 0.6 is 0 Å². The molecule has 0 saturated carbocycles. The van der Waals surface area contributed by atoms with Crippen molar-refractivity contribution in [3.63, 3.8) is 0 Å². The highest BCUT2D eigenvalue weighted by Gasteiger charge is 2.31. The topological polar surface area (TPSA) is 48.1 Å². The number of epoxide rings is 1. The second kappa shape index (κ2) is 5.21. The van der Waals surface area contributed by atoms with Crippen molar-refractivity contribution in [3.05, 3.63) is 29.8 Å². The van der Waals surface area contributed by atoms with Crippen molar-refractivity contribution >= 4 is 5.97 Å². The number of hydrogen-bond acceptors (Lipinski definition) is 4. The Bertz CT molecular complexity index is 440. The van der Waals surface area contributed by atoms with Gasteiger partial charge in [0.2, 0.25) is 0 Å². The van der Waals surface area contributed by atoms with E-state index in [2.05, 4.69) is 0 Å². The van der Waals surface area contributed by atoms with Crippen LogP contribution in [0.4, 0.5) is 0 Å². The van der Waals surface area contributed by atoms with Gasteiger partial charge in [-0.05, 0) is 52.0 Å². The summed E-state index contributed by atoms with van der Waals surface area (Å²) < 4.78 is 16.2. The van der Waals surface area contributed by atoms with Crippen LogP contribution < -0.4 is 4.74 Å². The van der Waals surface area contributed by atoms with Crippen LogP contribution in [0.25, 0.3) is 0 Å². The van der Waals surface area contributed by atoms with Gasteiger partial charge in [0, 0.05) is 0 Å². The SMILES string of the molecule is CC(Oc1ccc(C(=O)OC(C)(C)C)cc1)C1CO1. The predicted octanol–water partition coefficient (Wildman–Crippen LogP) is 2.81. The van der Waals surface area contributed by atoms with E-state index in [9.17, 15) is 4.79 Å². The average Bonchev–Trinajstić information content (AvgIpc) is 3.11. The zero-order valence-corrected chi connectivity index (χ0v) is 11.8. The van der Waals surface area contributed by atoms with Gasteiger partial charge in [0.1, 0.15) is 23.6 Å². The lowest BCUT2D eigenvalue weighted by Gasteiger charge is -2.19. The van der Waals surface area contributed by atoms with Gasteiger partial charge in [0.05, 0.1) is 12.2 Å². The number of carbonyl (C=O) groups excluding carboxylic acids is 1. The minimum atomic E-state index is -0.482. The molecule has 104 valence electrons. The van der Waals surface area contributed by atoms with Crippen LogP contribution in [0.3, 0.4) is 0 Å². The quantitative estimate of drug-likeness (QED) is 0.619. The molecular formula is C15H20O4. The summed E-state index contributed by atoms with van der Waals surface area (Å²) in [6.07, 6.45) is 0.234. The maximum atomic E-state index is 11.8. The molecule has 4 nitrogen and oxygen atoms in total. The Kier molecular flexibility index (Phi) is 3.80. The minimum absolute atomic E-state index is 0.0346. The first kappa shape index (κ1) is 13.9. The molecule has 1 aliphatic rings. The highest BCUT2D eigenvalue weighted by Crippen LogP contribution is 2.21. The van der Waals surface area contributed by atoms with Gasteiger partial charge in [-0.15, -0.1) is 0 Å². The molecule has 0 aromatic heterocycles. The van der Waals surface area contributed by atoms with E-state index in [0.29, 0.717) is 5.56 Å². The molecule has 19 heavy (non-hydrogen) atoms. The van der Waals surface area contributed by atoms with Crippen molar-refractivity contribution < 1.29 is 19.0 Å². The first-order valence-corrected chi connectivity index (χ1v) is 6.47. The molecule has 1 aromatic rings. The summed E-state index contributed by atoms with van der Waals surface area (Å²) in [7, 11) is 0. The van der Waals surface area contributed by atoms with Crippen molar-refractivity contribution in [2.45, 2.75) is 45.5 Å². The Labute approximate surface area is 113 Å². The average molecular weight is 264 g/mol. The van der Waals surface area contributed by atoms with E-state index in [4.69, 9.17) is 14.2 Å². The Morgan fingerprint density at radius 1 is 1.32 bits per heavy atom. The van der Waals surface area contributed by atoms with E-state index in [1.807, 2.05) is 27.7 Å². The highest BCUT2D eigenvalue weighted by atomic mass is 16.6. The van der Waals surface area contributed by atoms with Crippen molar-refractivity contribution in [1.29, 1.82) is 0 Å². The molecule has 0 spiro atoms. The molecule has 1 saturated heterocycles. The first-order chi connectivity index (χ1) is 8.85. The second-order valence-electron chi connectivity index (χ2n) is 5.72. The van der Waals surface area contributed by atoms with E-state index in [1.54, 1.807) is 24.3 Å². The lowest BCUT2D eigenvalue weighted by molar-refractivity contribution is 0.00695. The molecule has 1 fully saturated rings. The Hall–Kier alpha value is -1.55. The Morgan fingerprint density at radius 3 is 2.37 bits per heavy atom. The van der Waals surface area contributed by atoms with E-state index < -0.39 is 5.60 Å². The molecular weight excluding hydrogens is 244 g/mol. The standard InChI is InChI=1S/C15H20O4/c1-10(13-9-17-13)18-12-7-5-11(6-8-12)14(16)19-15(2,3)4/h5-8,10,13H,9H2,1-4H3. The van der Waals surface area contributed by atoms with Crippen LogP contribution in [0.2, 0.25) is 0 Å². The van der Waals surface area contributed by atoms with Gasteiger partial charge in [0.25, 0.3) is 0 Å². The molecule has 0 bridgehead atoms. The van der Waals surface area contributed by atoms with Gasteiger partial charge in [-0.2, -0.15) is 0 Å². The molecule has 1 aliphatic heterocycles. The maximum Gasteiger partial charge on any atom is 0.338 e. The van der Waals surface area contributed by atoms with Gasteiger partial charge < -0.3 is 14.2 Å². The number of ether oxygens (including phenoxy) is 3. The molecule has 0 radical (unpaired) electrons. The fourth-order valence-corrected chi connectivity index (χ4v) is 1.62. The van der Waals surface area contributed by atoms with Crippen LogP contribution in [-0.2, 0) is 9.47 Å². The van der Waals surface area contributed by atoms with Crippen LogP contribution in [0.1, 0.15) is 38.1 Å². The molecule has 0 aliphatic carbocycles. The molecule has 2 unspecified atom stereocenters. The summed E-state index contributed by atoms with van der Waals surface area (Å²) in [4.78, 5) is 11.8. The largest absolute Gasteiger partial charge is 0.488 e. The van der Waals surface area contributed by atoms with Crippen molar-refractivity contribution in [1.82, 2.24) is 0 Å². The molecule has 1 heterocycles. The Morgan fingerprint density at radius 2 is 1.89 bits per heavy atom. The second-order valence-corrected chi connectivity index (χ2v) is 5.72. The monoisotopic (exact) mass is 264 g/mol. The van der Waals surface area contributed by atoms with Crippen LogP contribution in [0.5, 0.6) is 5.75 Å². The Balaban J connectivity index is 1.95. The molecule has 2 rings (SSSR count). The van der Waals surface area contributed by atoms with E-state index >= 15 is 0 Å². The third-order valence-corrected chi connectivity index (χ3v) is 2.69. The summed E-state index contributed by atoms with van der Waals surface area (Å²) in [6.45, 7) is 8.27. The van der Waals surface area contributed by atoms with Gasteiger partial charge >= 0.3 is 5.97 Å². The van der Waals surface area contributed by atoms with Crippen LogP contribution in [0.15, 0.2) is 24.3 Å². The maximum absolute atomic E-state index is 11.8. The molecule has 2 atom stereocenters. The van der Waals surface area contributed by atoms with Crippen LogP contribution in [0, 0.1) is 0 Å². The zero-order chi connectivity index (χ0) is 14.0. The fourth-order valence-electron chi connectivity index (χ4n) is 1.62. The number of hydrogen-bond donors (Lipinski definition) is 0. The third kappa shape index (κ3) is 4.24. The first-order valence-electron chi connectivity index (χ1n) is 6.47. The number of benzene rings is 1. The summed E-state index contributed by atoms with van der Waals surface area (Å²) in [5.41, 5.74) is 0.0435. The molecule has 0 amide bonds. The minimum Gasteiger partial charge on any atom is -0.488 e. The molecule has 1 aromatic carbocycles. The van der Waals surface area contributed by atoms with Crippen LogP contribution in [-0.4, -0.2) is 30.4 Å². The summed E-state index contributed by atoms with van der Waals surface area (Å²) in [5.74, 6) is 0.410. The van der Waals surface area contributed by atoms with Gasteiger partial charge in [0.15, 0.2) is 0 Å². The molecule has 4 heteroatoms. The zero-order valence-electron chi connectivity index (χ0n) is 11.8. The predicted molar refractivity (Wildman–Crippen MR) is 71.4 cm³/mol. The van der Waals surface area contributed by atoms with Crippen molar-refractivity contribution in [3.8, 4) is 5.75 Å². The number of carbonyl (C=O) groups is 1. The number of esters is 1. The van der Waals surface area contributed by atoms with E-state index in [-0.39, 0.29) is 18.2 Å². The van der Waals surface area contributed by atoms with E-state index in [1.165, 1.54) is 0 Å². The van der Waals surface area contributed by atoms with Gasteiger partial charge in [-0.1, -0.05) is 0 Å².